The maximum absolute atomic E-state index is 13.0. The van der Waals surface area contributed by atoms with E-state index in [1.165, 1.54) is 0 Å². The van der Waals surface area contributed by atoms with Crippen LogP contribution in [-0.4, -0.2) is 51.9 Å². The molecule has 0 saturated carbocycles. The summed E-state index contributed by atoms with van der Waals surface area (Å²) in [5, 5.41) is 12.0. The van der Waals surface area contributed by atoms with Gasteiger partial charge in [0.1, 0.15) is 11.5 Å². The van der Waals surface area contributed by atoms with E-state index in [0.29, 0.717) is 36.0 Å². The lowest BCUT2D eigenvalue weighted by atomic mass is 10.2. The number of nitrogens with one attached hydrogen (secondary N) is 1. The van der Waals surface area contributed by atoms with Crippen molar-refractivity contribution < 1.29 is 4.79 Å². The van der Waals surface area contributed by atoms with Crippen molar-refractivity contribution in [2.45, 2.75) is 6.92 Å². The van der Waals surface area contributed by atoms with Crippen molar-refractivity contribution in [3.8, 4) is 6.07 Å². The summed E-state index contributed by atoms with van der Waals surface area (Å²) in [5.41, 5.74) is 2.40. The molecule has 4 rings (SSSR count). The lowest BCUT2D eigenvalue weighted by Crippen LogP contribution is -2.49. The van der Waals surface area contributed by atoms with E-state index in [-0.39, 0.29) is 5.91 Å². The van der Waals surface area contributed by atoms with E-state index in [4.69, 9.17) is 5.26 Å². The number of anilines is 3. The standard InChI is InChI=1S/C22H21N7O/c1-16-14-19(27-22(25-16)26-18-7-5-17(15-23)6-8-18)21(30)29-12-10-28(11-13-29)20-4-2-3-9-24-20/h2-9,14H,10-13H2,1H3,(H,25,26,27). The number of piperazine rings is 1. The summed E-state index contributed by atoms with van der Waals surface area (Å²) in [5.74, 6) is 1.18. The summed E-state index contributed by atoms with van der Waals surface area (Å²) in [7, 11) is 0. The second-order valence-corrected chi connectivity index (χ2v) is 7.00. The topological polar surface area (TPSA) is 98.0 Å². The van der Waals surface area contributed by atoms with Gasteiger partial charge in [-0.05, 0) is 49.4 Å². The van der Waals surface area contributed by atoms with Crippen molar-refractivity contribution >= 4 is 23.4 Å². The Kier molecular flexibility index (Phi) is 5.52. The zero-order valence-electron chi connectivity index (χ0n) is 16.6. The van der Waals surface area contributed by atoms with E-state index in [0.717, 1.165) is 24.6 Å². The van der Waals surface area contributed by atoms with Crippen LogP contribution in [0.1, 0.15) is 21.7 Å². The minimum atomic E-state index is -0.107. The third-order valence-corrected chi connectivity index (χ3v) is 4.88. The Hall–Kier alpha value is -3.99. The molecular weight excluding hydrogens is 378 g/mol. The Balaban J connectivity index is 1.44. The molecule has 0 unspecified atom stereocenters. The fraction of sp³-hybridized carbons (Fsp3) is 0.227. The Morgan fingerprint density at radius 3 is 2.50 bits per heavy atom. The van der Waals surface area contributed by atoms with E-state index < -0.39 is 0 Å². The first-order chi connectivity index (χ1) is 14.6. The molecule has 1 fully saturated rings. The molecule has 1 aromatic carbocycles. The largest absolute Gasteiger partial charge is 0.353 e. The highest BCUT2D eigenvalue weighted by molar-refractivity contribution is 5.93. The summed E-state index contributed by atoms with van der Waals surface area (Å²) in [4.78, 5) is 30.2. The molecule has 1 aliphatic rings. The van der Waals surface area contributed by atoms with Gasteiger partial charge in [-0.25, -0.2) is 15.0 Å². The van der Waals surface area contributed by atoms with Crippen LogP contribution in [0.3, 0.4) is 0 Å². The number of carbonyl (C=O) groups excluding carboxylic acids is 1. The molecule has 2 aromatic heterocycles. The molecular formula is C22H21N7O. The highest BCUT2D eigenvalue weighted by Gasteiger charge is 2.24. The van der Waals surface area contributed by atoms with Crippen LogP contribution in [-0.2, 0) is 0 Å². The van der Waals surface area contributed by atoms with Crippen LogP contribution in [0, 0.1) is 18.3 Å². The third kappa shape index (κ3) is 4.36. The van der Waals surface area contributed by atoms with E-state index >= 15 is 0 Å². The van der Waals surface area contributed by atoms with Crippen molar-refractivity contribution in [2.24, 2.45) is 0 Å². The van der Waals surface area contributed by atoms with Crippen LogP contribution in [0.4, 0.5) is 17.5 Å². The number of amides is 1. The average Bonchev–Trinajstić information content (AvgIpc) is 2.79. The molecule has 0 radical (unpaired) electrons. The van der Waals surface area contributed by atoms with Crippen LogP contribution in [0.25, 0.3) is 0 Å². The average molecular weight is 399 g/mol. The maximum Gasteiger partial charge on any atom is 0.272 e. The van der Waals surface area contributed by atoms with Gasteiger partial charge in [-0.2, -0.15) is 5.26 Å². The predicted octanol–water partition coefficient (Wildman–Crippen LogP) is 2.76. The lowest BCUT2D eigenvalue weighted by Gasteiger charge is -2.35. The minimum Gasteiger partial charge on any atom is -0.353 e. The van der Waals surface area contributed by atoms with Crippen molar-refractivity contribution in [1.82, 2.24) is 19.9 Å². The lowest BCUT2D eigenvalue weighted by molar-refractivity contribution is 0.0740. The molecule has 150 valence electrons. The molecule has 30 heavy (non-hydrogen) atoms. The molecule has 8 nitrogen and oxygen atoms in total. The molecule has 8 heteroatoms. The number of hydrogen-bond acceptors (Lipinski definition) is 7. The Labute approximate surface area is 174 Å². The summed E-state index contributed by atoms with van der Waals surface area (Å²) < 4.78 is 0. The molecule has 0 spiro atoms. The molecule has 3 heterocycles. The van der Waals surface area contributed by atoms with Gasteiger partial charge in [-0.3, -0.25) is 4.79 Å². The number of aromatic nitrogens is 3. The number of carbonyl (C=O) groups is 1. The number of pyridine rings is 1. The summed E-state index contributed by atoms with van der Waals surface area (Å²) in [6, 6.07) is 16.6. The minimum absolute atomic E-state index is 0.107. The third-order valence-electron chi connectivity index (χ3n) is 4.88. The highest BCUT2D eigenvalue weighted by atomic mass is 16.2. The van der Waals surface area contributed by atoms with Crippen molar-refractivity contribution in [3.05, 3.63) is 71.7 Å². The molecule has 1 N–H and O–H groups in total. The van der Waals surface area contributed by atoms with Crippen molar-refractivity contribution in [1.29, 1.82) is 5.26 Å². The zero-order valence-corrected chi connectivity index (χ0v) is 16.6. The number of benzene rings is 1. The molecule has 1 saturated heterocycles. The van der Waals surface area contributed by atoms with Crippen molar-refractivity contribution in [2.75, 3.05) is 36.4 Å². The second-order valence-electron chi connectivity index (χ2n) is 7.00. The monoisotopic (exact) mass is 399 g/mol. The Bertz CT molecular complexity index is 1070. The molecule has 0 atom stereocenters. The molecule has 3 aromatic rings. The van der Waals surface area contributed by atoms with Crippen LogP contribution >= 0.6 is 0 Å². The molecule has 1 amide bonds. The van der Waals surface area contributed by atoms with E-state index in [2.05, 4.69) is 31.2 Å². The van der Waals surface area contributed by atoms with E-state index in [1.54, 1.807) is 36.5 Å². The number of rotatable bonds is 4. The second kappa shape index (κ2) is 8.57. The predicted molar refractivity (Wildman–Crippen MR) is 114 cm³/mol. The van der Waals surface area contributed by atoms with E-state index in [9.17, 15) is 4.79 Å². The van der Waals surface area contributed by atoms with Gasteiger partial charge in [0.25, 0.3) is 5.91 Å². The van der Waals surface area contributed by atoms with E-state index in [1.807, 2.05) is 30.0 Å². The van der Waals surface area contributed by atoms with Gasteiger partial charge < -0.3 is 15.1 Å². The van der Waals surface area contributed by atoms with Gasteiger partial charge in [-0.15, -0.1) is 0 Å². The smallest absolute Gasteiger partial charge is 0.272 e. The van der Waals surface area contributed by atoms with Crippen LogP contribution in [0.5, 0.6) is 0 Å². The number of nitrogens with zero attached hydrogens (tertiary/aromatic N) is 6. The van der Waals surface area contributed by atoms with Crippen LogP contribution in [0.2, 0.25) is 0 Å². The normalized spacial score (nSPS) is 13.6. The number of nitriles is 1. The van der Waals surface area contributed by atoms with Gasteiger partial charge in [-0.1, -0.05) is 6.07 Å². The molecule has 0 aliphatic carbocycles. The fourth-order valence-corrected chi connectivity index (χ4v) is 3.33. The fourth-order valence-electron chi connectivity index (χ4n) is 3.33. The maximum atomic E-state index is 13.0. The summed E-state index contributed by atoms with van der Waals surface area (Å²) in [6.07, 6.45) is 1.78. The SMILES string of the molecule is Cc1cc(C(=O)N2CCN(c3ccccn3)CC2)nc(Nc2ccc(C#N)cc2)n1. The Morgan fingerprint density at radius 1 is 1.07 bits per heavy atom. The highest BCUT2D eigenvalue weighted by Crippen LogP contribution is 2.17. The summed E-state index contributed by atoms with van der Waals surface area (Å²) >= 11 is 0. The van der Waals surface area contributed by atoms with Gasteiger partial charge in [0.05, 0.1) is 11.6 Å². The first-order valence-corrected chi connectivity index (χ1v) is 9.70. The van der Waals surface area contributed by atoms with Crippen LogP contribution in [0.15, 0.2) is 54.7 Å². The molecule has 1 aliphatic heterocycles. The first-order valence-electron chi connectivity index (χ1n) is 9.70. The molecule has 0 bridgehead atoms. The van der Waals surface area contributed by atoms with Gasteiger partial charge in [0, 0.05) is 43.8 Å². The number of aryl methyl sites for hydroxylation is 1. The van der Waals surface area contributed by atoms with Gasteiger partial charge in [0.2, 0.25) is 5.95 Å². The quantitative estimate of drug-likeness (QED) is 0.720. The van der Waals surface area contributed by atoms with Crippen LogP contribution < -0.4 is 10.2 Å². The van der Waals surface area contributed by atoms with Gasteiger partial charge >= 0.3 is 0 Å². The summed E-state index contributed by atoms with van der Waals surface area (Å²) in [6.45, 7) is 4.50. The zero-order chi connectivity index (χ0) is 20.9. The van der Waals surface area contributed by atoms with Gasteiger partial charge in [0.15, 0.2) is 0 Å². The Morgan fingerprint density at radius 2 is 1.83 bits per heavy atom. The number of hydrogen-bond donors (Lipinski definition) is 1. The first kappa shape index (κ1) is 19.3. The van der Waals surface area contributed by atoms with Crippen molar-refractivity contribution in [3.63, 3.8) is 0 Å².